The molecule has 0 radical (unpaired) electrons. The molecule has 90 valence electrons. The predicted octanol–water partition coefficient (Wildman–Crippen LogP) is 0.976. The second-order valence-corrected chi connectivity index (χ2v) is 4.76. The van der Waals surface area contributed by atoms with E-state index in [1.165, 1.54) is 0 Å². The van der Waals surface area contributed by atoms with Crippen LogP contribution in [0.3, 0.4) is 0 Å². The fourth-order valence-electron chi connectivity index (χ4n) is 1.29. The zero-order chi connectivity index (χ0) is 12.0. The van der Waals surface area contributed by atoms with Crippen LogP contribution in [0.5, 0.6) is 0 Å². The number of nitrogens with two attached hydrogens (primary N) is 1. The standard InChI is InChI=1S/C11H21N5/c1-11(2,3)15-10(12)13-6-4-8-16-9-5-7-14-16/h5,7,9H,4,6,8H2,1-3H3,(H3,12,13,15). The molecule has 0 amide bonds. The highest BCUT2D eigenvalue weighted by Gasteiger charge is 2.09. The molecule has 3 N–H and O–H groups in total. The van der Waals surface area contributed by atoms with Crippen LogP contribution in [0.1, 0.15) is 27.2 Å². The van der Waals surface area contributed by atoms with Crippen LogP contribution >= 0.6 is 0 Å². The maximum absolute atomic E-state index is 5.74. The largest absolute Gasteiger partial charge is 0.370 e. The van der Waals surface area contributed by atoms with Gasteiger partial charge in [0, 0.05) is 31.0 Å². The Bertz CT molecular complexity index is 321. The second kappa shape index (κ2) is 5.53. The minimum atomic E-state index is -0.0322. The van der Waals surface area contributed by atoms with Crippen LogP contribution in [0.15, 0.2) is 23.5 Å². The van der Waals surface area contributed by atoms with Crippen molar-refractivity contribution in [3.05, 3.63) is 18.5 Å². The first-order valence-electron chi connectivity index (χ1n) is 5.53. The fourth-order valence-corrected chi connectivity index (χ4v) is 1.29. The van der Waals surface area contributed by atoms with Gasteiger partial charge < -0.3 is 11.1 Å². The van der Waals surface area contributed by atoms with E-state index in [9.17, 15) is 0 Å². The first kappa shape index (κ1) is 12.5. The Morgan fingerprint density at radius 2 is 2.25 bits per heavy atom. The van der Waals surface area contributed by atoms with E-state index in [2.05, 4.69) is 36.2 Å². The maximum Gasteiger partial charge on any atom is 0.188 e. The van der Waals surface area contributed by atoms with Gasteiger partial charge >= 0.3 is 0 Å². The van der Waals surface area contributed by atoms with Gasteiger partial charge in [0.15, 0.2) is 5.96 Å². The zero-order valence-corrected chi connectivity index (χ0v) is 10.3. The van der Waals surface area contributed by atoms with Crippen molar-refractivity contribution in [3.8, 4) is 0 Å². The lowest BCUT2D eigenvalue weighted by atomic mass is 10.1. The molecule has 1 heterocycles. The van der Waals surface area contributed by atoms with Crippen molar-refractivity contribution in [1.82, 2.24) is 15.1 Å². The number of aliphatic imine (C=N–C) groups is 1. The van der Waals surface area contributed by atoms with Gasteiger partial charge in [0.1, 0.15) is 0 Å². The number of aryl methyl sites for hydroxylation is 1. The number of nitrogens with one attached hydrogen (secondary N) is 1. The molecular formula is C11H21N5. The summed E-state index contributed by atoms with van der Waals surface area (Å²) in [5, 5.41) is 7.23. The molecule has 0 spiro atoms. The van der Waals surface area contributed by atoms with E-state index in [4.69, 9.17) is 5.73 Å². The van der Waals surface area contributed by atoms with E-state index < -0.39 is 0 Å². The van der Waals surface area contributed by atoms with Crippen LogP contribution in [-0.4, -0.2) is 27.8 Å². The lowest BCUT2D eigenvalue weighted by Gasteiger charge is -2.20. The van der Waals surface area contributed by atoms with Crippen LogP contribution in [-0.2, 0) is 6.54 Å². The summed E-state index contributed by atoms with van der Waals surface area (Å²) < 4.78 is 1.89. The fraction of sp³-hybridized carbons (Fsp3) is 0.636. The van der Waals surface area contributed by atoms with Gasteiger partial charge in [-0.15, -0.1) is 0 Å². The van der Waals surface area contributed by atoms with Crippen molar-refractivity contribution in [2.45, 2.75) is 39.3 Å². The first-order valence-corrected chi connectivity index (χ1v) is 5.53. The first-order chi connectivity index (χ1) is 7.47. The third kappa shape index (κ3) is 5.38. The molecular weight excluding hydrogens is 202 g/mol. The molecule has 0 aliphatic heterocycles. The van der Waals surface area contributed by atoms with Crippen molar-refractivity contribution < 1.29 is 0 Å². The third-order valence-electron chi connectivity index (χ3n) is 1.89. The Balaban J connectivity index is 2.21. The Morgan fingerprint density at radius 3 is 2.81 bits per heavy atom. The van der Waals surface area contributed by atoms with Crippen molar-refractivity contribution in [1.29, 1.82) is 0 Å². The van der Waals surface area contributed by atoms with Gasteiger partial charge in [-0.25, -0.2) is 0 Å². The van der Waals surface area contributed by atoms with Crippen LogP contribution < -0.4 is 11.1 Å². The van der Waals surface area contributed by atoms with E-state index >= 15 is 0 Å². The minimum absolute atomic E-state index is 0.0322. The van der Waals surface area contributed by atoms with Crippen LogP contribution in [0.2, 0.25) is 0 Å². The van der Waals surface area contributed by atoms with Gasteiger partial charge in [0.2, 0.25) is 0 Å². The minimum Gasteiger partial charge on any atom is -0.370 e. The van der Waals surface area contributed by atoms with Crippen molar-refractivity contribution >= 4 is 5.96 Å². The SMILES string of the molecule is CC(C)(C)NC(N)=NCCCn1cccn1. The third-order valence-corrected chi connectivity index (χ3v) is 1.89. The number of hydrogen-bond donors (Lipinski definition) is 2. The summed E-state index contributed by atoms with van der Waals surface area (Å²) in [6.45, 7) is 7.76. The Hall–Kier alpha value is -1.52. The number of rotatable bonds is 4. The van der Waals surface area contributed by atoms with Gasteiger partial charge in [0.05, 0.1) is 0 Å². The smallest absolute Gasteiger partial charge is 0.188 e. The zero-order valence-electron chi connectivity index (χ0n) is 10.3. The summed E-state index contributed by atoms with van der Waals surface area (Å²) in [6.07, 6.45) is 4.66. The van der Waals surface area contributed by atoms with Gasteiger partial charge in [0.25, 0.3) is 0 Å². The number of guanidine groups is 1. The molecule has 0 saturated heterocycles. The average molecular weight is 223 g/mol. The van der Waals surface area contributed by atoms with E-state index in [0.717, 1.165) is 19.5 Å². The molecule has 16 heavy (non-hydrogen) atoms. The molecule has 1 rings (SSSR count). The van der Waals surface area contributed by atoms with E-state index in [1.54, 1.807) is 6.20 Å². The van der Waals surface area contributed by atoms with E-state index in [-0.39, 0.29) is 5.54 Å². The molecule has 0 fully saturated rings. The second-order valence-electron chi connectivity index (χ2n) is 4.76. The molecule has 5 nitrogen and oxygen atoms in total. The number of hydrogen-bond acceptors (Lipinski definition) is 2. The lowest BCUT2D eigenvalue weighted by molar-refractivity contribution is 0.507. The molecule has 0 bridgehead atoms. The van der Waals surface area contributed by atoms with Crippen LogP contribution in [0.25, 0.3) is 0 Å². The summed E-state index contributed by atoms with van der Waals surface area (Å²) in [7, 11) is 0. The summed E-state index contributed by atoms with van der Waals surface area (Å²) in [6, 6.07) is 1.92. The molecule has 0 unspecified atom stereocenters. The van der Waals surface area contributed by atoms with Crippen molar-refractivity contribution in [2.24, 2.45) is 10.7 Å². The summed E-state index contributed by atoms with van der Waals surface area (Å²) in [5.41, 5.74) is 5.70. The quantitative estimate of drug-likeness (QED) is 0.454. The van der Waals surface area contributed by atoms with Crippen LogP contribution in [0, 0.1) is 0 Å². The highest BCUT2D eigenvalue weighted by molar-refractivity contribution is 5.78. The van der Waals surface area contributed by atoms with E-state index in [0.29, 0.717) is 5.96 Å². The highest BCUT2D eigenvalue weighted by Crippen LogP contribution is 1.97. The summed E-state index contributed by atoms with van der Waals surface area (Å²) >= 11 is 0. The molecule has 0 aliphatic rings. The van der Waals surface area contributed by atoms with Crippen molar-refractivity contribution in [2.75, 3.05) is 6.54 Å². The highest BCUT2D eigenvalue weighted by atomic mass is 15.3. The average Bonchev–Trinajstić information content (AvgIpc) is 2.62. The summed E-state index contributed by atoms with van der Waals surface area (Å²) in [4.78, 5) is 4.25. The Labute approximate surface area is 96.7 Å². The molecule has 0 aliphatic carbocycles. The molecule has 0 atom stereocenters. The normalized spacial score (nSPS) is 12.8. The molecule has 1 aromatic heterocycles. The van der Waals surface area contributed by atoms with Gasteiger partial charge in [-0.2, -0.15) is 5.10 Å². The van der Waals surface area contributed by atoms with Crippen LogP contribution in [0.4, 0.5) is 0 Å². The predicted molar refractivity (Wildman–Crippen MR) is 66.2 cm³/mol. The number of nitrogens with zero attached hydrogens (tertiary/aromatic N) is 3. The molecule has 0 aromatic carbocycles. The number of aromatic nitrogens is 2. The summed E-state index contributed by atoms with van der Waals surface area (Å²) in [5.74, 6) is 0.507. The van der Waals surface area contributed by atoms with Gasteiger partial charge in [-0.05, 0) is 33.3 Å². The molecule has 5 heteroatoms. The van der Waals surface area contributed by atoms with Gasteiger partial charge in [-0.3, -0.25) is 9.67 Å². The topological polar surface area (TPSA) is 68.2 Å². The van der Waals surface area contributed by atoms with Crippen molar-refractivity contribution in [3.63, 3.8) is 0 Å². The monoisotopic (exact) mass is 223 g/mol. The molecule has 0 saturated carbocycles. The van der Waals surface area contributed by atoms with E-state index in [1.807, 2.05) is 16.9 Å². The Morgan fingerprint density at radius 1 is 1.50 bits per heavy atom. The van der Waals surface area contributed by atoms with Gasteiger partial charge in [-0.1, -0.05) is 0 Å². The lowest BCUT2D eigenvalue weighted by Crippen LogP contribution is -2.45. The maximum atomic E-state index is 5.74. The molecule has 1 aromatic rings. The Kier molecular flexibility index (Phi) is 4.34.